The van der Waals surface area contributed by atoms with E-state index in [2.05, 4.69) is 22.2 Å². The largest absolute Gasteiger partial charge is 0.362 e. The molecule has 0 bridgehead atoms. The molecule has 0 saturated heterocycles. The topological polar surface area (TPSA) is 72.0 Å². The Balaban J connectivity index is 1.98. The van der Waals surface area contributed by atoms with E-state index in [1.54, 1.807) is 17.4 Å². The number of thiophene rings is 1. The number of hydrogen-bond acceptors (Lipinski definition) is 6. The van der Waals surface area contributed by atoms with E-state index in [0.717, 1.165) is 16.6 Å². The number of anilines is 1. The van der Waals surface area contributed by atoms with Crippen LogP contribution in [0.2, 0.25) is 5.28 Å². The molecule has 106 valence electrons. The second-order valence-corrected chi connectivity index (χ2v) is 7.92. The first-order valence-corrected chi connectivity index (χ1v) is 9.01. The smallest absolute Gasteiger partial charge is 0.225 e. The zero-order valence-electron chi connectivity index (χ0n) is 10.6. The van der Waals surface area contributed by atoms with Crippen LogP contribution in [0.1, 0.15) is 11.8 Å². The van der Waals surface area contributed by atoms with Crippen LogP contribution in [0, 0.1) is 0 Å². The van der Waals surface area contributed by atoms with Gasteiger partial charge in [0.15, 0.2) is 9.84 Å². The molecule has 2 aromatic rings. The lowest BCUT2D eigenvalue weighted by atomic mass is 10.3. The third-order valence-electron chi connectivity index (χ3n) is 3.02. The molecule has 0 saturated carbocycles. The summed E-state index contributed by atoms with van der Waals surface area (Å²) in [6.07, 6.45) is 2.54. The van der Waals surface area contributed by atoms with Gasteiger partial charge in [0.05, 0.1) is 17.2 Å². The van der Waals surface area contributed by atoms with Crippen molar-refractivity contribution in [1.82, 2.24) is 9.97 Å². The lowest BCUT2D eigenvalue weighted by Gasteiger charge is -2.11. The van der Waals surface area contributed by atoms with Crippen LogP contribution in [-0.2, 0) is 16.3 Å². The first-order chi connectivity index (χ1) is 9.47. The number of nitrogens with one attached hydrogen (secondary N) is 1. The van der Waals surface area contributed by atoms with Crippen molar-refractivity contribution in [2.45, 2.75) is 19.4 Å². The average molecular weight is 330 g/mol. The first-order valence-electron chi connectivity index (χ1n) is 6.10. The molecule has 1 N–H and O–H groups in total. The Hall–Kier alpha value is -1.18. The summed E-state index contributed by atoms with van der Waals surface area (Å²) in [5.74, 6) is 0.628. The predicted octanol–water partition coefficient (Wildman–Crippen LogP) is 2.63. The average Bonchev–Trinajstić information content (AvgIpc) is 2.92. The first kappa shape index (κ1) is 13.8. The van der Waals surface area contributed by atoms with Gasteiger partial charge in [-0.25, -0.2) is 18.4 Å². The van der Waals surface area contributed by atoms with E-state index in [1.807, 2.05) is 6.07 Å². The van der Waals surface area contributed by atoms with Crippen molar-refractivity contribution in [2.24, 2.45) is 0 Å². The molecular formula is C12H12ClN3O2S2. The molecule has 3 heterocycles. The number of fused-ring (bicyclic) bond motifs is 1. The Morgan fingerprint density at radius 2 is 2.30 bits per heavy atom. The highest BCUT2D eigenvalue weighted by Crippen LogP contribution is 2.31. The molecule has 20 heavy (non-hydrogen) atoms. The van der Waals surface area contributed by atoms with Gasteiger partial charge in [-0.05, 0) is 30.2 Å². The summed E-state index contributed by atoms with van der Waals surface area (Å²) < 4.78 is 22.9. The zero-order chi connectivity index (χ0) is 14.3. The molecule has 1 aliphatic heterocycles. The van der Waals surface area contributed by atoms with Gasteiger partial charge in [-0.3, -0.25) is 0 Å². The second kappa shape index (κ2) is 4.98. The van der Waals surface area contributed by atoms with Crippen LogP contribution in [0.4, 0.5) is 5.82 Å². The molecule has 0 aromatic carbocycles. The fourth-order valence-corrected chi connectivity index (χ4v) is 4.49. The molecule has 8 heteroatoms. The zero-order valence-corrected chi connectivity index (χ0v) is 13.0. The number of hydrogen-bond donors (Lipinski definition) is 1. The van der Waals surface area contributed by atoms with Gasteiger partial charge in [-0.2, -0.15) is 0 Å². The lowest BCUT2D eigenvalue weighted by molar-refractivity contribution is 0.605. The fourth-order valence-electron chi connectivity index (χ4n) is 2.07. The Morgan fingerprint density at radius 3 is 2.95 bits per heavy atom. The molecule has 1 aliphatic rings. The summed E-state index contributed by atoms with van der Waals surface area (Å²) >= 11 is 7.50. The molecule has 0 amide bonds. The van der Waals surface area contributed by atoms with E-state index in [4.69, 9.17) is 11.6 Å². The number of halogens is 1. The Bertz CT molecular complexity index is 798. The van der Waals surface area contributed by atoms with Crippen molar-refractivity contribution in [3.63, 3.8) is 0 Å². The van der Waals surface area contributed by atoms with E-state index in [0.29, 0.717) is 5.82 Å². The number of rotatable bonds is 3. The molecule has 0 radical (unpaired) electrons. The molecule has 0 aliphatic carbocycles. The van der Waals surface area contributed by atoms with Crippen LogP contribution >= 0.6 is 22.9 Å². The summed E-state index contributed by atoms with van der Waals surface area (Å²) in [6, 6.07) is 1.74. The normalized spacial score (nSPS) is 20.6. The number of sulfone groups is 1. The van der Waals surface area contributed by atoms with Crippen LogP contribution in [0.15, 0.2) is 17.6 Å². The standard InChI is InChI=1S/C12H12ClN3O2S2/c1-2-8-5-9-10(15-12(13)16-11(9)19-8)14-7-3-4-20(17,18)6-7/h3-5,7H,2,6H2,1H3,(H,14,15,16). The Labute approximate surface area is 125 Å². The molecule has 0 fully saturated rings. The van der Waals surface area contributed by atoms with Crippen molar-refractivity contribution >= 4 is 48.8 Å². The van der Waals surface area contributed by atoms with E-state index in [9.17, 15) is 8.42 Å². The van der Waals surface area contributed by atoms with Gasteiger partial charge in [0.25, 0.3) is 0 Å². The highest BCUT2D eigenvalue weighted by Gasteiger charge is 2.23. The molecule has 0 spiro atoms. The Kier molecular flexibility index (Phi) is 3.43. The SMILES string of the molecule is CCc1cc2c(NC3C=CS(=O)(=O)C3)nc(Cl)nc2s1. The van der Waals surface area contributed by atoms with E-state index >= 15 is 0 Å². The van der Waals surface area contributed by atoms with Crippen LogP contribution in [0.25, 0.3) is 10.2 Å². The minimum absolute atomic E-state index is 0.0425. The van der Waals surface area contributed by atoms with Crippen LogP contribution < -0.4 is 5.32 Å². The minimum Gasteiger partial charge on any atom is -0.362 e. The van der Waals surface area contributed by atoms with Crippen LogP contribution in [0.3, 0.4) is 0 Å². The maximum atomic E-state index is 11.4. The fraction of sp³-hybridized carbons (Fsp3) is 0.333. The van der Waals surface area contributed by atoms with Crippen LogP contribution in [0.5, 0.6) is 0 Å². The monoisotopic (exact) mass is 329 g/mol. The predicted molar refractivity (Wildman–Crippen MR) is 82.1 cm³/mol. The number of aromatic nitrogens is 2. The highest BCUT2D eigenvalue weighted by molar-refractivity contribution is 7.94. The third kappa shape index (κ3) is 2.65. The van der Waals surface area contributed by atoms with Crippen molar-refractivity contribution in [1.29, 1.82) is 0 Å². The van der Waals surface area contributed by atoms with Gasteiger partial charge in [0.1, 0.15) is 10.6 Å². The van der Waals surface area contributed by atoms with E-state index in [1.165, 1.54) is 10.3 Å². The third-order valence-corrected chi connectivity index (χ3v) is 5.75. The summed E-state index contributed by atoms with van der Waals surface area (Å²) in [7, 11) is -3.10. The van der Waals surface area contributed by atoms with Gasteiger partial charge >= 0.3 is 0 Å². The van der Waals surface area contributed by atoms with Crippen molar-refractivity contribution in [3.05, 3.63) is 27.7 Å². The summed E-state index contributed by atoms with van der Waals surface area (Å²) in [5, 5.41) is 5.40. The van der Waals surface area contributed by atoms with Gasteiger partial charge in [0.2, 0.25) is 5.28 Å². The molecule has 5 nitrogen and oxygen atoms in total. The summed E-state index contributed by atoms with van der Waals surface area (Å²) in [5.41, 5.74) is 0. The minimum atomic E-state index is -3.10. The van der Waals surface area contributed by atoms with Crippen molar-refractivity contribution < 1.29 is 8.42 Å². The number of aryl methyl sites for hydroxylation is 1. The molecule has 3 rings (SSSR count). The maximum Gasteiger partial charge on any atom is 0.225 e. The van der Waals surface area contributed by atoms with Crippen LogP contribution in [-0.4, -0.2) is 30.2 Å². The van der Waals surface area contributed by atoms with Crippen molar-refractivity contribution in [2.75, 3.05) is 11.1 Å². The highest BCUT2D eigenvalue weighted by atomic mass is 35.5. The quantitative estimate of drug-likeness (QED) is 0.876. The molecule has 1 unspecified atom stereocenters. The molecule has 2 aromatic heterocycles. The maximum absolute atomic E-state index is 11.4. The van der Waals surface area contributed by atoms with Gasteiger partial charge in [0, 0.05) is 10.3 Å². The van der Waals surface area contributed by atoms with Gasteiger partial charge in [-0.1, -0.05) is 6.92 Å². The van der Waals surface area contributed by atoms with Gasteiger partial charge in [-0.15, -0.1) is 11.3 Å². The Morgan fingerprint density at radius 1 is 1.50 bits per heavy atom. The van der Waals surface area contributed by atoms with Gasteiger partial charge < -0.3 is 5.32 Å². The number of nitrogens with zero attached hydrogens (tertiary/aromatic N) is 2. The lowest BCUT2D eigenvalue weighted by Crippen LogP contribution is -2.21. The molecular weight excluding hydrogens is 318 g/mol. The molecule has 1 atom stereocenters. The summed E-state index contributed by atoms with van der Waals surface area (Å²) in [6.45, 7) is 2.07. The van der Waals surface area contributed by atoms with E-state index in [-0.39, 0.29) is 17.1 Å². The second-order valence-electron chi connectivity index (χ2n) is 4.54. The summed E-state index contributed by atoms with van der Waals surface area (Å²) in [4.78, 5) is 10.4. The van der Waals surface area contributed by atoms with E-state index < -0.39 is 9.84 Å². The van der Waals surface area contributed by atoms with Crippen molar-refractivity contribution in [3.8, 4) is 0 Å².